The van der Waals surface area contributed by atoms with Crippen molar-refractivity contribution in [2.75, 3.05) is 6.54 Å². The SMILES string of the molecule is O=C([O-])CCCN=C(c1cc(F)ccc1O)c1ccccc1F.[Na+]. The van der Waals surface area contributed by atoms with E-state index in [4.69, 9.17) is 0 Å². The maximum absolute atomic E-state index is 14.0. The van der Waals surface area contributed by atoms with E-state index in [0.29, 0.717) is 0 Å². The van der Waals surface area contributed by atoms with Gasteiger partial charge in [0.2, 0.25) is 0 Å². The predicted molar refractivity (Wildman–Crippen MR) is 79.2 cm³/mol. The molecule has 0 amide bonds. The van der Waals surface area contributed by atoms with Gasteiger partial charge in [0.15, 0.2) is 0 Å². The molecule has 7 heteroatoms. The zero-order valence-electron chi connectivity index (χ0n) is 13.1. The molecule has 1 N–H and O–H groups in total. The second kappa shape index (κ2) is 9.52. The van der Waals surface area contributed by atoms with Gasteiger partial charge in [-0.3, -0.25) is 4.99 Å². The fourth-order valence-electron chi connectivity index (χ4n) is 2.08. The molecule has 2 aromatic carbocycles. The second-order valence-corrected chi connectivity index (χ2v) is 4.85. The molecule has 0 aliphatic rings. The van der Waals surface area contributed by atoms with Crippen LogP contribution in [-0.2, 0) is 4.79 Å². The molecule has 0 bridgehead atoms. The van der Waals surface area contributed by atoms with Crippen LogP contribution >= 0.6 is 0 Å². The van der Waals surface area contributed by atoms with Crippen LogP contribution < -0.4 is 34.7 Å². The van der Waals surface area contributed by atoms with E-state index in [2.05, 4.69) is 4.99 Å². The van der Waals surface area contributed by atoms with Gasteiger partial charge in [-0.2, -0.15) is 0 Å². The predicted octanol–water partition coefficient (Wildman–Crippen LogP) is -0.958. The zero-order valence-corrected chi connectivity index (χ0v) is 15.1. The smallest absolute Gasteiger partial charge is 0.550 e. The normalized spacial score (nSPS) is 11.0. The minimum absolute atomic E-state index is 0. The molecule has 0 radical (unpaired) electrons. The standard InChI is InChI=1S/C17H15F2NO3.Na/c18-11-7-8-15(21)13(10-11)17(20-9-3-6-16(22)23)12-4-1-2-5-14(12)19;/h1-2,4-5,7-8,10,21H,3,6,9H2,(H,22,23);/q;+1/p-1. The fraction of sp³-hybridized carbons (Fsp3) is 0.176. The summed E-state index contributed by atoms with van der Waals surface area (Å²) in [5.41, 5.74) is 0.212. The van der Waals surface area contributed by atoms with Gasteiger partial charge < -0.3 is 15.0 Å². The van der Waals surface area contributed by atoms with E-state index in [-0.39, 0.29) is 71.5 Å². The molecule has 0 aliphatic heterocycles. The molecular weight excluding hydrogens is 327 g/mol. The minimum Gasteiger partial charge on any atom is -0.550 e. The Morgan fingerprint density at radius 3 is 2.50 bits per heavy atom. The maximum Gasteiger partial charge on any atom is 1.00 e. The molecule has 24 heavy (non-hydrogen) atoms. The van der Waals surface area contributed by atoms with Crippen molar-refractivity contribution in [3.05, 3.63) is 65.2 Å². The molecule has 0 saturated carbocycles. The third kappa shape index (κ3) is 5.40. The number of phenolic OH excluding ortho intramolecular Hbond substituents is 1. The number of aromatic hydroxyl groups is 1. The van der Waals surface area contributed by atoms with Crippen LogP contribution in [0.4, 0.5) is 8.78 Å². The molecule has 0 fully saturated rings. The minimum atomic E-state index is -1.21. The summed E-state index contributed by atoms with van der Waals surface area (Å²) in [5.74, 6) is -2.62. The number of nitrogens with zero attached hydrogens (tertiary/aromatic N) is 1. The van der Waals surface area contributed by atoms with Crippen LogP contribution in [0.3, 0.4) is 0 Å². The van der Waals surface area contributed by atoms with Crippen molar-refractivity contribution < 1.29 is 53.3 Å². The first-order valence-corrected chi connectivity index (χ1v) is 6.97. The monoisotopic (exact) mass is 341 g/mol. The number of benzene rings is 2. The quantitative estimate of drug-likeness (QED) is 0.418. The van der Waals surface area contributed by atoms with Crippen LogP contribution in [0.2, 0.25) is 0 Å². The molecule has 0 saturated heterocycles. The summed E-state index contributed by atoms with van der Waals surface area (Å²) < 4.78 is 27.5. The fourth-order valence-corrected chi connectivity index (χ4v) is 2.08. The molecule has 4 nitrogen and oxygen atoms in total. The van der Waals surface area contributed by atoms with E-state index in [1.54, 1.807) is 6.07 Å². The van der Waals surface area contributed by atoms with Gasteiger partial charge in [0.25, 0.3) is 0 Å². The van der Waals surface area contributed by atoms with Crippen LogP contribution in [0, 0.1) is 11.6 Å². The maximum atomic E-state index is 14.0. The molecule has 120 valence electrons. The van der Waals surface area contributed by atoms with E-state index in [9.17, 15) is 23.8 Å². The number of carboxylic acid groups (broad SMARTS) is 1. The summed E-state index contributed by atoms with van der Waals surface area (Å²) in [6.45, 7) is 0.0770. The van der Waals surface area contributed by atoms with Crippen LogP contribution in [0.25, 0.3) is 0 Å². The summed E-state index contributed by atoms with van der Waals surface area (Å²) in [4.78, 5) is 14.6. The molecule has 0 atom stereocenters. The zero-order chi connectivity index (χ0) is 16.8. The first-order valence-electron chi connectivity index (χ1n) is 6.97. The van der Waals surface area contributed by atoms with Gasteiger partial charge >= 0.3 is 29.6 Å². The Bertz CT molecular complexity index is 750. The Balaban J connectivity index is 0.00000288. The number of halogens is 2. The van der Waals surface area contributed by atoms with Gasteiger partial charge in [-0.1, -0.05) is 12.1 Å². The summed E-state index contributed by atoms with van der Waals surface area (Å²) >= 11 is 0. The first-order chi connectivity index (χ1) is 11.0. The Labute approximate surface area is 160 Å². The van der Waals surface area contributed by atoms with Crippen molar-refractivity contribution in [3.63, 3.8) is 0 Å². The van der Waals surface area contributed by atoms with Gasteiger partial charge in [0.05, 0.1) is 5.71 Å². The largest absolute Gasteiger partial charge is 1.00 e. The van der Waals surface area contributed by atoms with Gasteiger partial charge in [-0.15, -0.1) is 0 Å². The Kier molecular flexibility index (Phi) is 8.04. The number of hydrogen-bond donors (Lipinski definition) is 1. The molecule has 0 spiro atoms. The number of aliphatic imine (C=N–C) groups is 1. The molecule has 2 rings (SSSR count). The number of phenols is 1. The van der Waals surface area contributed by atoms with Crippen LogP contribution in [0.5, 0.6) is 5.75 Å². The number of carbonyl (C=O) groups excluding carboxylic acids is 1. The van der Waals surface area contributed by atoms with Gasteiger partial charge in [-0.05, 0) is 43.2 Å². The number of carboxylic acids is 1. The Morgan fingerprint density at radius 2 is 1.83 bits per heavy atom. The molecular formula is C17H14F2NNaO3. The number of rotatable bonds is 6. The Morgan fingerprint density at radius 1 is 1.12 bits per heavy atom. The summed E-state index contributed by atoms with van der Waals surface area (Å²) in [7, 11) is 0. The van der Waals surface area contributed by atoms with Gasteiger partial charge in [0, 0.05) is 23.6 Å². The second-order valence-electron chi connectivity index (χ2n) is 4.85. The van der Waals surface area contributed by atoms with Crippen molar-refractivity contribution in [2.45, 2.75) is 12.8 Å². The third-order valence-electron chi connectivity index (χ3n) is 3.15. The van der Waals surface area contributed by atoms with Crippen molar-refractivity contribution in [3.8, 4) is 5.75 Å². The molecule has 0 unspecified atom stereocenters. The van der Waals surface area contributed by atoms with E-state index >= 15 is 0 Å². The summed E-state index contributed by atoms with van der Waals surface area (Å²) in [6.07, 6.45) is -0.000448. The summed E-state index contributed by atoms with van der Waals surface area (Å²) in [5, 5.41) is 20.4. The van der Waals surface area contributed by atoms with Gasteiger partial charge in [0.1, 0.15) is 17.4 Å². The molecule has 0 aliphatic carbocycles. The third-order valence-corrected chi connectivity index (χ3v) is 3.15. The van der Waals surface area contributed by atoms with Gasteiger partial charge in [-0.25, -0.2) is 8.78 Å². The average molecular weight is 341 g/mol. The number of aliphatic carboxylic acids is 1. The molecule has 0 aromatic heterocycles. The number of carbonyl (C=O) groups is 1. The topological polar surface area (TPSA) is 72.7 Å². The summed E-state index contributed by atoms with van der Waals surface area (Å²) in [6, 6.07) is 9.05. The average Bonchev–Trinajstić information content (AvgIpc) is 2.51. The van der Waals surface area contributed by atoms with Crippen molar-refractivity contribution in [2.24, 2.45) is 4.99 Å². The van der Waals surface area contributed by atoms with Crippen LogP contribution in [0.1, 0.15) is 24.0 Å². The Hall–Kier alpha value is -1.76. The molecule has 0 heterocycles. The van der Waals surface area contributed by atoms with E-state index in [1.807, 2.05) is 0 Å². The number of hydrogen-bond acceptors (Lipinski definition) is 4. The van der Waals surface area contributed by atoms with Crippen molar-refractivity contribution in [1.29, 1.82) is 0 Å². The first kappa shape index (κ1) is 20.3. The van der Waals surface area contributed by atoms with E-state index < -0.39 is 17.6 Å². The van der Waals surface area contributed by atoms with Crippen LogP contribution in [-0.4, -0.2) is 23.3 Å². The van der Waals surface area contributed by atoms with Crippen molar-refractivity contribution in [1.82, 2.24) is 0 Å². The van der Waals surface area contributed by atoms with Crippen molar-refractivity contribution >= 4 is 11.7 Å². The van der Waals surface area contributed by atoms with E-state index in [0.717, 1.165) is 18.2 Å². The van der Waals surface area contributed by atoms with Crippen LogP contribution in [0.15, 0.2) is 47.5 Å². The molecule has 2 aromatic rings. The van der Waals surface area contributed by atoms with E-state index in [1.165, 1.54) is 18.2 Å².